The Morgan fingerprint density at radius 1 is 0.778 bits per heavy atom. The Hall–Kier alpha value is -3.61. The topological polar surface area (TPSA) is 90.9 Å². The fraction of sp³-hybridized carbons (Fsp3) is 0.150. The zero-order valence-electron chi connectivity index (χ0n) is 15.1. The molecule has 0 saturated heterocycles. The van der Waals surface area contributed by atoms with Crippen LogP contribution in [-0.4, -0.2) is 39.2 Å². The van der Waals surface area contributed by atoms with Gasteiger partial charge in [-0.3, -0.25) is 0 Å². The summed E-state index contributed by atoms with van der Waals surface area (Å²) in [5.74, 6) is -1.76. The van der Waals surface area contributed by atoms with Gasteiger partial charge in [-0.05, 0) is 35.4 Å². The number of methoxy groups -OCH3 is 3. The van der Waals surface area contributed by atoms with Gasteiger partial charge in [-0.15, -0.1) is 0 Å². The maximum Gasteiger partial charge on any atom is 0.354 e. The summed E-state index contributed by atoms with van der Waals surface area (Å²) in [4.78, 5) is 34.6. The molecule has 2 aromatic carbocycles. The largest absolute Gasteiger partial charge is 0.466 e. The first kappa shape index (κ1) is 19.7. The molecule has 140 valence electrons. The van der Waals surface area contributed by atoms with Gasteiger partial charge in [0.15, 0.2) is 0 Å². The summed E-state index contributed by atoms with van der Waals surface area (Å²) in [6.07, 6.45) is 1.02. The lowest BCUT2D eigenvalue weighted by Crippen LogP contribution is -2.15. The van der Waals surface area contributed by atoms with Crippen molar-refractivity contribution in [3.63, 3.8) is 0 Å². The van der Waals surface area contributed by atoms with E-state index in [9.17, 15) is 14.4 Å². The van der Waals surface area contributed by atoms with Crippen molar-refractivity contribution < 1.29 is 28.6 Å². The molecular formula is C20H19NO6. The van der Waals surface area contributed by atoms with Crippen molar-refractivity contribution >= 4 is 23.6 Å². The molecule has 27 heavy (non-hydrogen) atoms. The van der Waals surface area contributed by atoms with Crippen molar-refractivity contribution in [2.75, 3.05) is 26.6 Å². The Labute approximate surface area is 156 Å². The van der Waals surface area contributed by atoms with Crippen LogP contribution in [0.3, 0.4) is 0 Å². The molecule has 0 spiro atoms. The molecule has 7 heteroatoms. The van der Waals surface area contributed by atoms with E-state index in [0.29, 0.717) is 11.3 Å². The van der Waals surface area contributed by atoms with E-state index >= 15 is 0 Å². The number of anilines is 1. The van der Waals surface area contributed by atoms with Crippen molar-refractivity contribution in [2.24, 2.45) is 0 Å². The van der Waals surface area contributed by atoms with Crippen LogP contribution in [0.5, 0.6) is 0 Å². The predicted molar refractivity (Wildman–Crippen MR) is 99.0 cm³/mol. The van der Waals surface area contributed by atoms with Gasteiger partial charge in [0.1, 0.15) is 5.70 Å². The highest BCUT2D eigenvalue weighted by Gasteiger charge is 2.13. The van der Waals surface area contributed by atoms with Gasteiger partial charge < -0.3 is 19.5 Å². The SMILES string of the molecule is COC(=O)/C=C(/Nc1ccc(-c2ccc(C(=O)OC)cc2)cc1)C(=O)OC. The Morgan fingerprint density at radius 2 is 1.33 bits per heavy atom. The van der Waals surface area contributed by atoms with Crippen LogP contribution in [0.25, 0.3) is 11.1 Å². The molecule has 0 atom stereocenters. The van der Waals surface area contributed by atoms with Crippen LogP contribution in [0.2, 0.25) is 0 Å². The maximum absolute atomic E-state index is 11.8. The lowest BCUT2D eigenvalue weighted by atomic mass is 10.0. The number of nitrogens with one attached hydrogen (secondary N) is 1. The third-order valence-corrected chi connectivity index (χ3v) is 3.67. The second-order valence-electron chi connectivity index (χ2n) is 5.34. The Bertz CT molecular complexity index is 853. The molecule has 0 aliphatic rings. The van der Waals surface area contributed by atoms with Gasteiger partial charge >= 0.3 is 17.9 Å². The summed E-state index contributed by atoms with van der Waals surface area (Å²) in [6, 6.07) is 14.2. The number of rotatable bonds is 6. The first-order valence-electron chi connectivity index (χ1n) is 7.92. The molecule has 0 aliphatic heterocycles. The molecule has 0 aromatic heterocycles. The molecule has 2 aromatic rings. The first-order valence-corrected chi connectivity index (χ1v) is 7.92. The third-order valence-electron chi connectivity index (χ3n) is 3.67. The van der Waals surface area contributed by atoms with Crippen LogP contribution in [0, 0.1) is 0 Å². The average molecular weight is 369 g/mol. The van der Waals surface area contributed by atoms with Gasteiger partial charge in [0.05, 0.1) is 33.0 Å². The molecule has 0 saturated carbocycles. The van der Waals surface area contributed by atoms with Crippen molar-refractivity contribution in [1.29, 1.82) is 0 Å². The van der Waals surface area contributed by atoms with E-state index in [4.69, 9.17) is 0 Å². The summed E-state index contributed by atoms with van der Waals surface area (Å²) in [5, 5.41) is 2.83. The van der Waals surface area contributed by atoms with Crippen LogP contribution < -0.4 is 5.32 Å². The van der Waals surface area contributed by atoms with Crippen molar-refractivity contribution in [3.05, 3.63) is 65.9 Å². The van der Waals surface area contributed by atoms with Crippen molar-refractivity contribution in [1.82, 2.24) is 0 Å². The lowest BCUT2D eigenvalue weighted by molar-refractivity contribution is -0.138. The standard InChI is InChI=1S/C20H19NO6/c1-25-18(22)12-17(20(24)27-3)21-16-10-8-14(9-11-16)13-4-6-15(7-5-13)19(23)26-2/h4-12,21H,1-3H3/b17-12+. The number of ether oxygens (including phenoxy) is 3. The van der Waals surface area contributed by atoms with E-state index in [1.54, 1.807) is 24.3 Å². The zero-order valence-corrected chi connectivity index (χ0v) is 15.1. The van der Waals surface area contributed by atoms with E-state index in [1.807, 2.05) is 24.3 Å². The summed E-state index contributed by atoms with van der Waals surface area (Å²) < 4.78 is 13.9. The number of carbonyl (C=O) groups excluding carboxylic acids is 3. The molecule has 0 amide bonds. The molecule has 1 N–H and O–H groups in total. The van der Waals surface area contributed by atoms with Crippen molar-refractivity contribution in [3.8, 4) is 11.1 Å². The smallest absolute Gasteiger partial charge is 0.354 e. The summed E-state index contributed by atoms with van der Waals surface area (Å²) >= 11 is 0. The van der Waals surface area contributed by atoms with Gasteiger partial charge in [0.2, 0.25) is 0 Å². The molecular weight excluding hydrogens is 350 g/mol. The monoisotopic (exact) mass is 369 g/mol. The van der Waals surface area contributed by atoms with Gasteiger partial charge in [-0.25, -0.2) is 14.4 Å². The van der Waals surface area contributed by atoms with E-state index in [2.05, 4.69) is 19.5 Å². The Kier molecular flexibility index (Phi) is 6.71. The Morgan fingerprint density at radius 3 is 1.81 bits per heavy atom. The maximum atomic E-state index is 11.8. The van der Waals surface area contributed by atoms with Crippen molar-refractivity contribution in [2.45, 2.75) is 0 Å². The minimum Gasteiger partial charge on any atom is -0.466 e. The number of hydrogen-bond acceptors (Lipinski definition) is 7. The van der Waals surface area contributed by atoms with Crippen LogP contribution >= 0.6 is 0 Å². The van der Waals surface area contributed by atoms with Crippen LogP contribution in [0.15, 0.2) is 60.3 Å². The van der Waals surface area contributed by atoms with E-state index in [1.165, 1.54) is 21.3 Å². The molecule has 2 rings (SSSR count). The number of esters is 3. The predicted octanol–water partition coefficient (Wildman–Crippen LogP) is 2.78. The highest BCUT2D eigenvalue weighted by atomic mass is 16.5. The quantitative estimate of drug-likeness (QED) is 0.476. The zero-order chi connectivity index (χ0) is 19.8. The molecule has 0 heterocycles. The van der Waals surface area contributed by atoms with E-state index in [0.717, 1.165) is 17.2 Å². The fourth-order valence-electron chi connectivity index (χ4n) is 2.25. The third kappa shape index (κ3) is 5.18. The lowest BCUT2D eigenvalue weighted by Gasteiger charge is -2.10. The number of benzene rings is 2. The highest BCUT2D eigenvalue weighted by Crippen LogP contribution is 2.23. The van der Waals surface area contributed by atoms with Crippen LogP contribution in [-0.2, 0) is 23.8 Å². The highest BCUT2D eigenvalue weighted by molar-refractivity contribution is 5.98. The minimum absolute atomic E-state index is 0.0421. The fourth-order valence-corrected chi connectivity index (χ4v) is 2.25. The van der Waals surface area contributed by atoms with E-state index in [-0.39, 0.29) is 5.70 Å². The van der Waals surface area contributed by atoms with Gasteiger partial charge in [-0.2, -0.15) is 0 Å². The minimum atomic E-state index is -0.692. The summed E-state index contributed by atoms with van der Waals surface area (Å²) in [5.41, 5.74) is 2.83. The summed E-state index contributed by atoms with van der Waals surface area (Å²) in [7, 11) is 3.77. The molecule has 0 fully saturated rings. The average Bonchev–Trinajstić information content (AvgIpc) is 2.72. The van der Waals surface area contributed by atoms with Crippen LogP contribution in [0.4, 0.5) is 5.69 Å². The van der Waals surface area contributed by atoms with E-state index < -0.39 is 17.9 Å². The number of carbonyl (C=O) groups is 3. The molecule has 0 aliphatic carbocycles. The molecule has 0 radical (unpaired) electrons. The van der Waals surface area contributed by atoms with Gasteiger partial charge in [0, 0.05) is 5.69 Å². The van der Waals surface area contributed by atoms with Gasteiger partial charge in [-0.1, -0.05) is 24.3 Å². The number of hydrogen-bond donors (Lipinski definition) is 1. The second kappa shape index (κ2) is 9.19. The second-order valence-corrected chi connectivity index (χ2v) is 5.34. The normalized spacial score (nSPS) is 10.7. The molecule has 0 unspecified atom stereocenters. The molecule has 7 nitrogen and oxygen atoms in total. The Balaban J connectivity index is 2.18. The van der Waals surface area contributed by atoms with Gasteiger partial charge in [0.25, 0.3) is 0 Å². The first-order chi connectivity index (χ1) is 13.0. The molecule has 0 bridgehead atoms. The van der Waals surface area contributed by atoms with Crippen LogP contribution in [0.1, 0.15) is 10.4 Å². The summed E-state index contributed by atoms with van der Waals surface area (Å²) in [6.45, 7) is 0.